The van der Waals surface area contributed by atoms with Crippen LogP contribution in [0.3, 0.4) is 0 Å². The van der Waals surface area contributed by atoms with E-state index in [0.29, 0.717) is 0 Å². The molecule has 0 aromatic heterocycles. The Morgan fingerprint density at radius 1 is 1.00 bits per heavy atom. The van der Waals surface area contributed by atoms with Gasteiger partial charge >= 0.3 is 0 Å². The fraction of sp³-hybridized carbons (Fsp3) is 0. The number of hydrogen-bond acceptors (Lipinski definition) is 3. The maximum Gasteiger partial charge on any atom is 0.210 e. The number of rotatable bonds is 0. The quantitative estimate of drug-likeness (QED) is 0.375. The van der Waals surface area contributed by atoms with Gasteiger partial charge in [-0.1, -0.05) is 0 Å². The van der Waals surface area contributed by atoms with Gasteiger partial charge in [0.15, 0.2) is 17.2 Å². The molecule has 1 rings (SSSR count). The summed E-state index contributed by atoms with van der Waals surface area (Å²) in [6.07, 6.45) is 0. The average molecular weight is 144 g/mol. The molecule has 10 heavy (non-hydrogen) atoms. The van der Waals surface area contributed by atoms with Crippen LogP contribution in [0.15, 0.2) is 12.1 Å². The minimum Gasteiger partial charge on any atom is -0.505 e. The molecule has 0 spiro atoms. The summed E-state index contributed by atoms with van der Waals surface area (Å²) in [6, 6.07) is 1.94. The average Bonchev–Trinajstić information content (AvgIpc) is 1.93. The maximum atomic E-state index is 12.3. The summed E-state index contributed by atoms with van der Waals surface area (Å²) in [5.41, 5.74) is 0. The number of aromatic hydroxyl groups is 3. The van der Waals surface area contributed by atoms with Crippen LogP contribution in [0.2, 0.25) is 0 Å². The summed E-state index contributed by atoms with van der Waals surface area (Å²) >= 11 is 0. The van der Waals surface area contributed by atoms with Gasteiger partial charge in [-0.15, -0.1) is 0 Å². The van der Waals surface area contributed by atoms with Crippen LogP contribution in [0.1, 0.15) is 0 Å². The third kappa shape index (κ3) is 0.834. The molecule has 0 radical (unpaired) electrons. The predicted octanol–water partition coefficient (Wildman–Crippen LogP) is 0.942. The van der Waals surface area contributed by atoms with Crippen molar-refractivity contribution >= 4 is 0 Å². The SMILES string of the molecule is Oc1ccc(O)c(F)c1O. The van der Waals surface area contributed by atoms with E-state index in [1.54, 1.807) is 0 Å². The van der Waals surface area contributed by atoms with Crippen molar-refractivity contribution in [3.8, 4) is 17.2 Å². The van der Waals surface area contributed by atoms with Crippen molar-refractivity contribution in [2.75, 3.05) is 0 Å². The molecule has 0 bridgehead atoms. The second kappa shape index (κ2) is 2.06. The van der Waals surface area contributed by atoms with Crippen molar-refractivity contribution in [1.82, 2.24) is 0 Å². The van der Waals surface area contributed by atoms with Crippen molar-refractivity contribution in [1.29, 1.82) is 0 Å². The zero-order valence-corrected chi connectivity index (χ0v) is 4.87. The van der Waals surface area contributed by atoms with Crippen molar-refractivity contribution in [2.24, 2.45) is 0 Å². The topological polar surface area (TPSA) is 60.7 Å². The van der Waals surface area contributed by atoms with E-state index in [1.165, 1.54) is 0 Å². The van der Waals surface area contributed by atoms with Crippen LogP contribution in [-0.4, -0.2) is 15.3 Å². The molecular weight excluding hydrogens is 139 g/mol. The Morgan fingerprint density at radius 2 is 1.50 bits per heavy atom. The van der Waals surface area contributed by atoms with Gasteiger partial charge in [-0.2, -0.15) is 4.39 Å². The largest absolute Gasteiger partial charge is 0.505 e. The van der Waals surface area contributed by atoms with Gasteiger partial charge in [0, 0.05) is 0 Å². The summed E-state index contributed by atoms with van der Waals surface area (Å²) in [4.78, 5) is 0. The minimum atomic E-state index is -1.21. The van der Waals surface area contributed by atoms with Crippen LogP contribution in [0.25, 0.3) is 0 Å². The first-order chi connectivity index (χ1) is 4.63. The van der Waals surface area contributed by atoms with Crippen LogP contribution >= 0.6 is 0 Å². The van der Waals surface area contributed by atoms with E-state index < -0.39 is 23.1 Å². The molecule has 54 valence electrons. The first-order valence-corrected chi connectivity index (χ1v) is 2.52. The fourth-order valence-electron chi connectivity index (χ4n) is 0.544. The summed E-state index contributed by atoms with van der Waals surface area (Å²) in [7, 11) is 0. The number of phenols is 3. The van der Waals surface area contributed by atoms with Gasteiger partial charge in [0.05, 0.1) is 0 Å². The summed E-state index contributed by atoms with van der Waals surface area (Å²) < 4.78 is 12.3. The highest BCUT2D eigenvalue weighted by Gasteiger charge is 2.09. The van der Waals surface area contributed by atoms with Crippen LogP contribution in [0.5, 0.6) is 17.2 Å². The molecule has 0 atom stereocenters. The number of benzene rings is 1. The lowest BCUT2D eigenvalue weighted by Crippen LogP contribution is -1.77. The Balaban J connectivity index is 3.34. The molecule has 0 fully saturated rings. The van der Waals surface area contributed by atoms with Crippen molar-refractivity contribution in [2.45, 2.75) is 0 Å². The molecule has 3 N–H and O–H groups in total. The Labute approximate surface area is 56.0 Å². The third-order valence-electron chi connectivity index (χ3n) is 1.07. The van der Waals surface area contributed by atoms with Gasteiger partial charge in [0.2, 0.25) is 5.82 Å². The molecule has 0 saturated carbocycles. The molecule has 0 aliphatic carbocycles. The molecule has 1 aromatic carbocycles. The molecule has 0 heterocycles. The van der Waals surface area contributed by atoms with Gasteiger partial charge in [0.1, 0.15) is 0 Å². The Bertz CT molecular complexity index is 232. The van der Waals surface area contributed by atoms with E-state index >= 15 is 0 Å². The van der Waals surface area contributed by atoms with E-state index in [1.807, 2.05) is 0 Å². The molecule has 0 saturated heterocycles. The second-order valence-electron chi connectivity index (χ2n) is 1.77. The Kier molecular flexibility index (Phi) is 1.37. The van der Waals surface area contributed by atoms with Crippen LogP contribution in [0, 0.1) is 5.82 Å². The van der Waals surface area contributed by atoms with Gasteiger partial charge in [-0.25, -0.2) is 0 Å². The van der Waals surface area contributed by atoms with Crippen LogP contribution < -0.4 is 0 Å². The lowest BCUT2D eigenvalue weighted by molar-refractivity contribution is 0.357. The van der Waals surface area contributed by atoms with E-state index in [0.717, 1.165) is 12.1 Å². The zero-order chi connectivity index (χ0) is 7.72. The van der Waals surface area contributed by atoms with Crippen molar-refractivity contribution in [3.63, 3.8) is 0 Å². The predicted molar refractivity (Wildman–Crippen MR) is 31.4 cm³/mol. The highest BCUT2D eigenvalue weighted by molar-refractivity contribution is 5.44. The van der Waals surface area contributed by atoms with Crippen molar-refractivity contribution in [3.05, 3.63) is 17.9 Å². The zero-order valence-electron chi connectivity index (χ0n) is 4.87. The molecule has 4 heteroatoms. The Hall–Kier alpha value is -1.45. The lowest BCUT2D eigenvalue weighted by atomic mass is 10.3. The molecule has 3 nitrogen and oxygen atoms in total. The molecule has 0 aliphatic heterocycles. The van der Waals surface area contributed by atoms with E-state index in [-0.39, 0.29) is 0 Å². The fourth-order valence-corrected chi connectivity index (χ4v) is 0.544. The molecule has 0 amide bonds. The van der Waals surface area contributed by atoms with Crippen LogP contribution in [-0.2, 0) is 0 Å². The summed E-state index contributed by atoms with van der Waals surface area (Å²) in [5.74, 6) is -3.41. The third-order valence-corrected chi connectivity index (χ3v) is 1.07. The normalized spacial score (nSPS) is 9.70. The first-order valence-electron chi connectivity index (χ1n) is 2.52. The lowest BCUT2D eigenvalue weighted by Gasteiger charge is -1.98. The van der Waals surface area contributed by atoms with Gasteiger partial charge in [-0.05, 0) is 12.1 Å². The number of hydrogen-bond donors (Lipinski definition) is 3. The van der Waals surface area contributed by atoms with E-state index in [4.69, 9.17) is 15.3 Å². The molecular formula is C6H5FO3. The second-order valence-corrected chi connectivity index (χ2v) is 1.77. The molecule has 0 aliphatic rings. The highest BCUT2D eigenvalue weighted by atomic mass is 19.1. The number of phenolic OH excluding ortho intramolecular Hbond substituents is 3. The van der Waals surface area contributed by atoms with E-state index in [9.17, 15) is 4.39 Å². The first kappa shape index (κ1) is 6.67. The smallest absolute Gasteiger partial charge is 0.210 e. The summed E-state index contributed by atoms with van der Waals surface area (Å²) in [5, 5.41) is 25.8. The maximum absolute atomic E-state index is 12.3. The highest BCUT2D eigenvalue weighted by Crippen LogP contribution is 2.32. The van der Waals surface area contributed by atoms with Gasteiger partial charge in [-0.3, -0.25) is 0 Å². The van der Waals surface area contributed by atoms with E-state index in [2.05, 4.69) is 0 Å². The Morgan fingerprint density at radius 3 is 2.00 bits per heavy atom. The van der Waals surface area contributed by atoms with Gasteiger partial charge < -0.3 is 15.3 Å². The van der Waals surface area contributed by atoms with Crippen LogP contribution in [0.4, 0.5) is 4.39 Å². The summed E-state index contributed by atoms with van der Waals surface area (Å²) in [6.45, 7) is 0. The monoisotopic (exact) mass is 144 g/mol. The number of halogens is 1. The standard InChI is InChI=1S/C6H5FO3/c7-5-3(8)1-2-4(9)6(5)10/h1-2,8-10H. The minimum absolute atomic E-state index is 0.588. The van der Waals surface area contributed by atoms with Gasteiger partial charge in [0.25, 0.3) is 0 Å². The van der Waals surface area contributed by atoms with Crippen molar-refractivity contribution < 1.29 is 19.7 Å². The molecule has 0 unspecified atom stereocenters. The molecule has 1 aromatic rings.